The molecule has 116 valence electrons. The summed E-state index contributed by atoms with van der Waals surface area (Å²) in [7, 11) is 0. The van der Waals surface area contributed by atoms with E-state index in [0.29, 0.717) is 0 Å². The van der Waals surface area contributed by atoms with Crippen LogP contribution in [0.25, 0.3) is 0 Å². The molecule has 0 heterocycles. The van der Waals surface area contributed by atoms with Crippen LogP contribution in [0.1, 0.15) is 25.0 Å². The van der Waals surface area contributed by atoms with E-state index in [9.17, 15) is 5.11 Å². The van der Waals surface area contributed by atoms with Crippen LogP contribution in [0, 0.1) is 0 Å². The average molecular weight is 304 g/mol. The minimum Gasteiger partial charge on any atom is -0.508 e. The highest BCUT2D eigenvalue weighted by atomic mass is 16.5. The lowest BCUT2D eigenvalue weighted by molar-refractivity contribution is 0.461. The molecule has 2 nitrogen and oxygen atoms in total. The van der Waals surface area contributed by atoms with Gasteiger partial charge in [0.15, 0.2) is 0 Å². The van der Waals surface area contributed by atoms with Crippen molar-refractivity contribution < 1.29 is 9.84 Å². The first-order chi connectivity index (χ1) is 11.1. The summed E-state index contributed by atoms with van der Waals surface area (Å²) in [5.41, 5.74) is 1.99. The molecule has 3 rings (SSSR count). The molecule has 0 unspecified atom stereocenters. The van der Waals surface area contributed by atoms with Crippen molar-refractivity contribution in [1.82, 2.24) is 0 Å². The van der Waals surface area contributed by atoms with Crippen LogP contribution in [0.15, 0.2) is 78.9 Å². The maximum Gasteiger partial charge on any atom is 0.131 e. The van der Waals surface area contributed by atoms with Gasteiger partial charge in [0.05, 0.1) is 0 Å². The van der Waals surface area contributed by atoms with Crippen molar-refractivity contribution in [3.05, 3.63) is 90.0 Å². The Bertz CT molecular complexity index is 774. The lowest BCUT2D eigenvalue weighted by Crippen LogP contribution is -2.19. The molecule has 1 N–H and O–H groups in total. The number of hydrogen-bond donors (Lipinski definition) is 1. The maximum absolute atomic E-state index is 9.52. The number of rotatable bonds is 4. The Morgan fingerprint density at radius 2 is 1.35 bits per heavy atom. The fourth-order valence-corrected chi connectivity index (χ4v) is 2.72. The molecule has 0 bridgehead atoms. The van der Waals surface area contributed by atoms with Crippen LogP contribution in [-0.2, 0) is 5.41 Å². The standard InChI is InChI=1S/C21H20O2/c1-21(2,16-12-14-17(22)15-13-16)19-10-6-7-11-20(19)23-18-8-4-3-5-9-18/h3-15,22H,1-2H3. The van der Waals surface area contributed by atoms with Crippen molar-refractivity contribution in [3.8, 4) is 17.2 Å². The minimum atomic E-state index is -0.237. The quantitative estimate of drug-likeness (QED) is 0.688. The molecule has 0 fully saturated rings. The van der Waals surface area contributed by atoms with Crippen molar-refractivity contribution in [3.63, 3.8) is 0 Å². The largest absolute Gasteiger partial charge is 0.508 e. The van der Waals surface area contributed by atoms with E-state index >= 15 is 0 Å². The second-order valence-electron chi connectivity index (χ2n) is 6.08. The average Bonchev–Trinajstić information content (AvgIpc) is 2.56. The number of para-hydroxylation sites is 2. The molecule has 3 aromatic rings. The van der Waals surface area contributed by atoms with Gasteiger partial charge in [-0.3, -0.25) is 0 Å². The van der Waals surface area contributed by atoms with E-state index < -0.39 is 0 Å². The molecule has 0 aliphatic heterocycles. The number of phenolic OH excluding ortho intramolecular Hbond substituents is 1. The van der Waals surface area contributed by atoms with Gasteiger partial charge in [0, 0.05) is 11.0 Å². The Morgan fingerprint density at radius 1 is 0.739 bits per heavy atom. The Hall–Kier alpha value is -2.74. The van der Waals surface area contributed by atoms with E-state index in [4.69, 9.17) is 4.74 Å². The normalized spacial score (nSPS) is 11.2. The molecule has 0 aliphatic carbocycles. The van der Waals surface area contributed by atoms with E-state index in [1.54, 1.807) is 12.1 Å². The summed E-state index contributed by atoms with van der Waals surface area (Å²) in [6, 6.07) is 25.2. The molecule has 3 aromatic carbocycles. The maximum atomic E-state index is 9.52. The Kier molecular flexibility index (Phi) is 4.07. The molecular formula is C21H20O2. The fraction of sp³-hybridized carbons (Fsp3) is 0.143. The van der Waals surface area contributed by atoms with Gasteiger partial charge in [-0.25, -0.2) is 0 Å². The highest BCUT2D eigenvalue weighted by molar-refractivity contribution is 5.48. The molecule has 0 saturated heterocycles. The summed E-state index contributed by atoms with van der Waals surface area (Å²) < 4.78 is 6.09. The minimum absolute atomic E-state index is 0.237. The van der Waals surface area contributed by atoms with Crippen LogP contribution in [0.3, 0.4) is 0 Å². The van der Waals surface area contributed by atoms with Crippen LogP contribution in [0.5, 0.6) is 17.2 Å². The third-order valence-electron chi connectivity index (χ3n) is 4.12. The predicted molar refractivity (Wildman–Crippen MR) is 93.2 cm³/mol. The number of benzene rings is 3. The summed E-state index contributed by atoms with van der Waals surface area (Å²) in [4.78, 5) is 0. The summed E-state index contributed by atoms with van der Waals surface area (Å²) in [6.07, 6.45) is 0. The molecular weight excluding hydrogens is 284 g/mol. The topological polar surface area (TPSA) is 29.5 Å². The highest BCUT2D eigenvalue weighted by Gasteiger charge is 2.26. The lowest BCUT2D eigenvalue weighted by Gasteiger charge is -2.28. The zero-order valence-corrected chi connectivity index (χ0v) is 13.4. The van der Waals surface area contributed by atoms with Gasteiger partial charge in [0.25, 0.3) is 0 Å². The van der Waals surface area contributed by atoms with Crippen molar-refractivity contribution in [2.24, 2.45) is 0 Å². The number of hydrogen-bond acceptors (Lipinski definition) is 2. The van der Waals surface area contributed by atoms with Gasteiger partial charge >= 0.3 is 0 Å². The van der Waals surface area contributed by atoms with Crippen molar-refractivity contribution in [2.45, 2.75) is 19.3 Å². The Balaban J connectivity index is 2.00. The van der Waals surface area contributed by atoms with E-state index in [1.165, 1.54) is 0 Å². The van der Waals surface area contributed by atoms with Gasteiger partial charge in [-0.2, -0.15) is 0 Å². The Morgan fingerprint density at radius 3 is 2.04 bits per heavy atom. The summed E-state index contributed by atoms with van der Waals surface area (Å²) >= 11 is 0. The van der Waals surface area contributed by atoms with E-state index in [-0.39, 0.29) is 11.2 Å². The third kappa shape index (κ3) is 3.21. The van der Waals surface area contributed by atoms with Crippen LogP contribution >= 0.6 is 0 Å². The summed E-state index contributed by atoms with van der Waals surface area (Å²) in [5.74, 6) is 1.94. The molecule has 23 heavy (non-hydrogen) atoms. The van der Waals surface area contributed by atoms with Gasteiger partial charge in [-0.05, 0) is 35.9 Å². The monoisotopic (exact) mass is 304 g/mol. The van der Waals surface area contributed by atoms with Crippen molar-refractivity contribution in [2.75, 3.05) is 0 Å². The van der Waals surface area contributed by atoms with Crippen molar-refractivity contribution in [1.29, 1.82) is 0 Å². The van der Waals surface area contributed by atoms with Crippen LogP contribution < -0.4 is 4.74 Å². The Labute approximate surface area is 137 Å². The van der Waals surface area contributed by atoms with E-state index in [0.717, 1.165) is 22.6 Å². The smallest absolute Gasteiger partial charge is 0.131 e. The molecule has 0 aliphatic rings. The summed E-state index contributed by atoms with van der Waals surface area (Å²) in [6.45, 7) is 4.32. The lowest BCUT2D eigenvalue weighted by atomic mass is 9.77. The zero-order chi connectivity index (χ0) is 16.3. The number of aromatic hydroxyl groups is 1. The van der Waals surface area contributed by atoms with Crippen LogP contribution in [0.4, 0.5) is 0 Å². The first kappa shape index (κ1) is 15.2. The van der Waals surface area contributed by atoms with Gasteiger partial charge < -0.3 is 9.84 Å². The second kappa shape index (κ2) is 6.17. The van der Waals surface area contributed by atoms with Gasteiger partial charge in [0.1, 0.15) is 17.2 Å². The van der Waals surface area contributed by atoms with E-state index in [1.807, 2.05) is 60.7 Å². The first-order valence-electron chi connectivity index (χ1n) is 7.69. The summed E-state index contributed by atoms with van der Waals surface area (Å²) in [5, 5.41) is 9.52. The molecule has 0 aromatic heterocycles. The number of ether oxygens (including phenoxy) is 1. The molecule has 0 spiro atoms. The highest BCUT2D eigenvalue weighted by Crippen LogP contribution is 2.39. The third-order valence-corrected chi connectivity index (χ3v) is 4.12. The van der Waals surface area contributed by atoms with Gasteiger partial charge in [0.2, 0.25) is 0 Å². The number of phenols is 1. The fourth-order valence-electron chi connectivity index (χ4n) is 2.72. The van der Waals surface area contributed by atoms with Crippen LogP contribution in [0.2, 0.25) is 0 Å². The van der Waals surface area contributed by atoms with Gasteiger partial charge in [-0.15, -0.1) is 0 Å². The molecule has 0 radical (unpaired) electrons. The van der Waals surface area contributed by atoms with Crippen molar-refractivity contribution >= 4 is 0 Å². The molecule has 0 amide bonds. The molecule has 2 heteroatoms. The van der Waals surface area contributed by atoms with E-state index in [2.05, 4.69) is 19.9 Å². The zero-order valence-electron chi connectivity index (χ0n) is 13.4. The first-order valence-corrected chi connectivity index (χ1v) is 7.69. The van der Waals surface area contributed by atoms with Gasteiger partial charge in [-0.1, -0.05) is 62.4 Å². The second-order valence-corrected chi connectivity index (χ2v) is 6.08. The molecule has 0 saturated carbocycles. The molecule has 0 atom stereocenters. The predicted octanol–water partition coefficient (Wildman–Crippen LogP) is 5.51. The SMILES string of the molecule is CC(C)(c1ccc(O)cc1)c1ccccc1Oc1ccccc1. The van der Waals surface area contributed by atoms with Crippen LogP contribution in [-0.4, -0.2) is 5.11 Å².